The van der Waals surface area contributed by atoms with Crippen LogP contribution in [-0.4, -0.2) is 47.8 Å². The average molecular weight is 459 g/mol. The lowest BCUT2D eigenvalue weighted by atomic mass is 9.69. The maximum Gasteiger partial charge on any atom is 0.226 e. The molecule has 6 saturated carbocycles. The van der Waals surface area contributed by atoms with Crippen LogP contribution in [0.25, 0.3) is 0 Å². The normalized spacial score (nSPS) is 56.7. The van der Waals surface area contributed by atoms with E-state index in [0.29, 0.717) is 23.7 Å². The van der Waals surface area contributed by atoms with Crippen molar-refractivity contribution in [2.45, 2.75) is 38.5 Å². The summed E-state index contributed by atoms with van der Waals surface area (Å²) in [5.41, 5.74) is 0. The van der Waals surface area contributed by atoms with Crippen molar-refractivity contribution >= 4 is 11.8 Å². The molecule has 0 aromatic carbocycles. The monoisotopic (exact) mass is 458 g/mol. The molecule has 9 rings (SSSR count). The van der Waals surface area contributed by atoms with E-state index in [1.54, 1.807) is 0 Å². The Morgan fingerprint density at radius 3 is 1.29 bits per heavy atom. The summed E-state index contributed by atoms with van der Waals surface area (Å²) in [5, 5.41) is 0. The van der Waals surface area contributed by atoms with E-state index >= 15 is 0 Å². The zero-order valence-electron chi connectivity index (χ0n) is 20.2. The minimum absolute atomic E-state index is 0.273. The SMILES string of the molecule is O=C(C1CC2CC1C1C3C=CC(C3)C21)N1CCN(C(=O)C2CC3CC2C2C4C=CC(C4)C32)CC1. The number of piperazine rings is 1. The molecule has 0 spiro atoms. The zero-order chi connectivity index (χ0) is 22.3. The van der Waals surface area contributed by atoms with Gasteiger partial charge in [-0.15, -0.1) is 0 Å². The van der Waals surface area contributed by atoms with E-state index in [2.05, 4.69) is 34.1 Å². The summed E-state index contributed by atoms with van der Waals surface area (Å²) in [6.07, 6.45) is 17.6. The van der Waals surface area contributed by atoms with Crippen LogP contribution < -0.4 is 0 Å². The van der Waals surface area contributed by atoms with E-state index in [9.17, 15) is 9.59 Å². The molecule has 180 valence electrons. The molecule has 0 aromatic heterocycles. The van der Waals surface area contributed by atoms with Crippen LogP contribution in [0.2, 0.25) is 0 Å². The fourth-order valence-electron chi connectivity index (χ4n) is 12.2. The maximum atomic E-state index is 13.6. The molecule has 1 saturated heterocycles. The highest BCUT2D eigenvalue weighted by Crippen LogP contribution is 2.68. The summed E-state index contributed by atoms with van der Waals surface area (Å²) >= 11 is 0. The lowest BCUT2D eigenvalue weighted by Gasteiger charge is -2.42. The van der Waals surface area contributed by atoms with Crippen molar-refractivity contribution in [1.82, 2.24) is 9.80 Å². The fourth-order valence-corrected chi connectivity index (χ4v) is 12.2. The number of hydrogen-bond donors (Lipinski definition) is 0. The third-order valence-electron chi connectivity index (χ3n) is 13.1. The summed E-state index contributed by atoms with van der Waals surface area (Å²) in [6, 6.07) is 0. The second kappa shape index (κ2) is 6.59. The van der Waals surface area contributed by atoms with E-state index in [1.165, 1.54) is 25.7 Å². The lowest BCUT2D eigenvalue weighted by molar-refractivity contribution is -0.147. The Morgan fingerprint density at radius 1 is 0.500 bits per heavy atom. The molecule has 0 radical (unpaired) electrons. The van der Waals surface area contributed by atoms with Gasteiger partial charge in [-0.25, -0.2) is 0 Å². The first-order valence-corrected chi connectivity index (χ1v) is 14.6. The molecule has 0 N–H and O–H groups in total. The van der Waals surface area contributed by atoms with Gasteiger partial charge in [0.15, 0.2) is 0 Å². The van der Waals surface area contributed by atoms with Crippen molar-refractivity contribution in [1.29, 1.82) is 0 Å². The molecule has 1 heterocycles. The molecule has 0 aromatic rings. The van der Waals surface area contributed by atoms with Gasteiger partial charge in [0.1, 0.15) is 0 Å². The molecule has 2 amide bonds. The van der Waals surface area contributed by atoms with Crippen LogP contribution in [0.1, 0.15) is 38.5 Å². The van der Waals surface area contributed by atoms with Gasteiger partial charge in [0.05, 0.1) is 0 Å². The quantitative estimate of drug-likeness (QED) is 0.466. The second-order valence-corrected chi connectivity index (χ2v) is 13.9. The number of nitrogens with zero attached hydrogens (tertiary/aromatic N) is 2. The number of hydrogen-bond acceptors (Lipinski definition) is 2. The molecule has 8 bridgehead atoms. The van der Waals surface area contributed by atoms with Crippen molar-refractivity contribution in [2.75, 3.05) is 26.2 Å². The van der Waals surface area contributed by atoms with Gasteiger partial charge in [-0.1, -0.05) is 24.3 Å². The number of rotatable bonds is 2. The van der Waals surface area contributed by atoms with Crippen LogP contribution in [0, 0.1) is 82.9 Å². The van der Waals surface area contributed by atoms with Crippen molar-refractivity contribution < 1.29 is 9.59 Å². The predicted molar refractivity (Wildman–Crippen MR) is 128 cm³/mol. The Labute approximate surface area is 203 Å². The van der Waals surface area contributed by atoms with Gasteiger partial charge in [0.2, 0.25) is 11.8 Å². The van der Waals surface area contributed by atoms with Crippen LogP contribution in [0.15, 0.2) is 24.3 Å². The fraction of sp³-hybridized carbons (Fsp3) is 0.800. The Kier molecular flexibility index (Phi) is 3.80. The minimum atomic E-state index is 0.273. The highest BCUT2D eigenvalue weighted by Gasteiger charge is 2.64. The van der Waals surface area contributed by atoms with Gasteiger partial charge >= 0.3 is 0 Å². The van der Waals surface area contributed by atoms with Crippen molar-refractivity contribution in [2.24, 2.45) is 82.9 Å². The Balaban J connectivity index is 0.850. The Hall–Kier alpha value is -1.58. The molecule has 4 nitrogen and oxygen atoms in total. The number of carbonyl (C=O) groups excluding carboxylic acids is 2. The molecule has 14 unspecified atom stereocenters. The van der Waals surface area contributed by atoms with Crippen LogP contribution in [0.4, 0.5) is 0 Å². The molecule has 14 atom stereocenters. The van der Waals surface area contributed by atoms with Gasteiger partial charge in [0, 0.05) is 38.0 Å². The zero-order valence-corrected chi connectivity index (χ0v) is 20.2. The molecule has 9 aliphatic rings. The summed E-state index contributed by atoms with van der Waals surface area (Å²) in [5.74, 6) is 10.9. The average Bonchev–Trinajstić information content (AvgIpc) is 3.72. The van der Waals surface area contributed by atoms with E-state index in [1.807, 2.05) is 0 Å². The molecular formula is C30H38N2O2. The third kappa shape index (κ3) is 2.32. The summed E-state index contributed by atoms with van der Waals surface area (Å²) < 4.78 is 0. The topological polar surface area (TPSA) is 40.6 Å². The molecule has 8 aliphatic carbocycles. The number of fused-ring (bicyclic) bond motifs is 18. The van der Waals surface area contributed by atoms with Crippen molar-refractivity contribution in [3.63, 3.8) is 0 Å². The number of carbonyl (C=O) groups is 2. The summed E-state index contributed by atoms with van der Waals surface area (Å²) in [7, 11) is 0. The lowest BCUT2D eigenvalue weighted by Crippen LogP contribution is -2.54. The summed E-state index contributed by atoms with van der Waals surface area (Å²) in [6.45, 7) is 3.05. The standard InChI is InChI=1S/C30H38N2O2/c33-29(23-13-19-11-21(23)27-17-3-1-15(9-17)25(19)27)31-5-7-32(8-6-31)30(34)24-14-20-12-22(24)28-18-4-2-16(10-18)26(20)28/h1-4,15-28H,5-14H2. The largest absolute Gasteiger partial charge is 0.339 e. The van der Waals surface area contributed by atoms with E-state index in [0.717, 1.165) is 98.2 Å². The van der Waals surface area contributed by atoms with Gasteiger partial charge < -0.3 is 9.80 Å². The first-order chi connectivity index (χ1) is 16.7. The maximum absolute atomic E-state index is 13.6. The van der Waals surface area contributed by atoms with Gasteiger partial charge in [-0.05, 0) is 110 Å². The van der Waals surface area contributed by atoms with Gasteiger partial charge in [0.25, 0.3) is 0 Å². The smallest absolute Gasteiger partial charge is 0.226 e. The van der Waals surface area contributed by atoms with E-state index < -0.39 is 0 Å². The van der Waals surface area contributed by atoms with Crippen LogP contribution in [0.5, 0.6) is 0 Å². The molecule has 34 heavy (non-hydrogen) atoms. The van der Waals surface area contributed by atoms with Gasteiger partial charge in [-0.3, -0.25) is 9.59 Å². The number of allylic oxidation sites excluding steroid dienone is 4. The second-order valence-electron chi connectivity index (χ2n) is 13.9. The van der Waals surface area contributed by atoms with Gasteiger partial charge in [-0.2, -0.15) is 0 Å². The first-order valence-electron chi connectivity index (χ1n) is 14.6. The van der Waals surface area contributed by atoms with Crippen LogP contribution >= 0.6 is 0 Å². The highest BCUT2D eigenvalue weighted by atomic mass is 16.2. The van der Waals surface area contributed by atoms with Crippen LogP contribution in [-0.2, 0) is 9.59 Å². The minimum Gasteiger partial charge on any atom is -0.339 e. The predicted octanol–water partition coefficient (Wildman–Crippen LogP) is 3.85. The Morgan fingerprint density at radius 2 is 0.882 bits per heavy atom. The molecular weight excluding hydrogens is 420 g/mol. The molecule has 1 aliphatic heterocycles. The molecule has 7 fully saturated rings. The highest BCUT2D eigenvalue weighted by molar-refractivity contribution is 5.82. The Bertz CT molecular complexity index is 929. The van der Waals surface area contributed by atoms with E-state index in [-0.39, 0.29) is 11.8 Å². The van der Waals surface area contributed by atoms with E-state index in [4.69, 9.17) is 0 Å². The number of amides is 2. The molecule has 4 heteroatoms. The van der Waals surface area contributed by atoms with Crippen LogP contribution in [0.3, 0.4) is 0 Å². The van der Waals surface area contributed by atoms with Crippen molar-refractivity contribution in [3.05, 3.63) is 24.3 Å². The van der Waals surface area contributed by atoms with Crippen molar-refractivity contribution in [3.8, 4) is 0 Å². The third-order valence-corrected chi connectivity index (χ3v) is 13.1. The summed E-state index contributed by atoms with van der Waals surface area (Å²) in [4.78, 5) is 31.5. The first kappa shape index (κ1) is 19.6.